The second kappa shape index (κ2) is 6.33. The molecule has 3 aliphatic rings. The predicted molar refractivity (Wildman–Crippen MR) is 96.8 cm³/mol. The highest BCUT2D eigenvalue weighted by molar-refractivity contribution is 6.33. The topological polar surface area (TPSA) is 69.2 Å². The van der Waals surface area contributed by atoms with Crippen molar-refractivity contribution in [2.45, 2.75) is 24.7 Å². The smallest absolute Gasteiger partial charge is 0.382 e. The number of hydrogen-bond acceptors (Lipinski definition) is 5. The Kier molecular flexibility index (Phi) is 4.12. The van der Waals surface area contributed by atoms with Gasteiger partial charge in [0.1, 0.15) is 12.4 Å². The van der Waals surface area contributed by atoms with Gasteiger partial charge >= 0.3 is 6.18 Å². The van der Waals surface area contributed by atoms with Gasteiger partial charge in [-0.25, -0.2) is 4.98 Å². The Bertz CT molecular complexity index is 901. The molecule has 10 heteroatoms. The van der Waals surface area contributed by atoms with E-state index < -0.39 is 12.7 Å². The fraction of sp³-hybridized carbons (Fsp3) is 0.556. The molecular weight excluding hydrogens is 395 g/mol. The Morgan fingerprint density at radius 2 is 1.93 bits per heavy atom. The maximum absolute atomic E-state index is 13.1. The summed E-state index contributed by atoms with van der Waals surface area (Å²) < 4.78 is 45.7. The lowest BCUT2D eigenvalue weighted by Gasteiger charge is -2.35. The molecule has 1 aliphatic carbocycles. The zero-order valence-corrected chi connectivity index (χ0v) is 15.6. The number of anilines is 1. The van der Waals surface area contributed by atoms with Crippen molar-refractivity contribution in [1.29, 1.82) is 0 Å². The van der Waals surface area contributed by atoms with E-state index in [1.165, 1.54) is 6.20 Å². The van der Waals surface area contributed by atoms with Crippen molar-refractivity contribution in [3.8, 4) is 11.3 Å². The Hall–Kier alpha value is -1.84. The van der Waals surface area contributed by atoms with Crippen molar-refractivity contribution in [1.82, 2.24) is 19.7 Å². The lowest BCUT2D eigenvalue weighted by molar-refractivity contribution is -0.143. The number of fused-ring (bicyclic) bond motifs is 1. The fourth-order valence-corrected chi connectivity index (χ4v) is 4.62. The third-order valence-electron chi connectivity index (χ3n) is 6.01. The summed E-state index contributed by atoms with van der Waals surface area (Å²) >= 11 is 6.02. The van der Waals surface area contributed by atoms with Gasteiger partial charge in [0, 0.05) is 36.5 Å². The first-order valence-electron chi connectivity index (χ1n) is 9.18. The quantitative estimate of drug-likeness (QED) is 0.834. The van der Waals surface area contributed by atoms with Crippen LogP contribution in [0.4, 0.5) is 19.0 Å². The molecule has 0 spiro atoms. The lowest BCUT2D eigenvalue weighted by Crippen LogP contribution is -2.48. The van der Waals surface area contributed by atoms with Gasteiger partial charge in [-0.1, -0.05) is 11.6 Å². The maximum atomic E-state index is 13.1. The highest BCUT2D eigenvalue weighted by Crippen LogP contribution is 2.59. The normalized spacial score (nSPS) is 27.6. The third-order valence-corrected chi connectivity index (χ3v) is 6.31. The van der Waals surface area contributed by atoms with Crippen LogP contribution in [0, 0.1) is 11.8 Å². The molecule has 2 saturated heterocycles. The van der Waals surface area contributed by atoms with Crippen LogP contribution >= 0.6 is 11.6 Å². The molecule has 6 nitrogen and oxygen atoms in total. The third kappa shape index (κ3) is 3.15. The van der Waals surface area contributed by atoms with Crippen molar-refractivity contribution >= 4 is 17.4 Å². The van der Waals surface area contributed by atoms with Crippen molar-refractivity contribution in [2.24, 2.45) is 11.8 Å². The highest BCUT2D eigenvalue weighted by atomic mass is 35.5. The number of pyridine rings is 1. The first-order chi connectivity index (χ1) is 13.3. The van der Waals surface area contributed by atoms with E-state index in [1.807, 2.05) is 0 Å². The summed E-state index contributed by atoms with van der Waals surface area (Å²) in [6.07, 6.45) is -2.86. The van der Waals surface area contributed by atoms with Crippen LogP contribution in [0.25, 0.3) is 11.3 Å². The largest absolute Gasteiger partial charge is 0.408 e. The Labute approximate surface area is 164 Å². The molecule has 1 unspecified atom stereocenters. The van der Waals surface area contributed by atoms with Crippen LogP contribution in [0.5, 0.6) is 0 Å². The van der Waals surface area contributed by atoms with Gasteiger partial charge in [-0.15, -0.1) is 0 Å². The van der Waals surface area contributed by atoms with Crippen LogP contribution < -0.4 is 5.73 Å². The van der Waals surface area contributed by atoms with E-state index in [1.54, 1.807) is 12.1 Å². The SMILES string of the molecule is Nc1ncc(-c2cc(C3[C@H]4CN(C5COC5)C[C@@H]34)n(CC(F)(F)F)n2)cc1Cl. The highest BCUT2D eigenvalue weighted by Gasteiger charge is 2.59. The van der Waals surface area contributed by atoms with Gasteiger partial charge in [0.2, 0.25) is 0 Å². The zero-order chi connectivity index (χ0) is 19.6. The van der Waals surface area contributed by atoms with E-state index in [0.29, 0.717) is 34.8 Å². The number of nitrogens with two attached hydrogens (primary N) is 1. The van der Waals surface area contributed by atoms with Gasteiger partial charge in [0.25, 0.3) is 0 Å². The number of nitrogen functional groups attached to an aromatic ring is 1. The van der Waals surface area contributed by atoms with Crippen molar-refractivity contribution in [3.63, 3.8) is 0 Å². The van der Waals surface area contributed by atoms with Crippen molar-refractivity contribution in [2.75, 3.05) is 32.0 Å². The van der Waals surface area contributed by atoms with Crippen LogP contribution in [0.15, 0.2) is 18.3 Å². The molecular formula is C18H19ClF3N5O. The van der Waals surface area contributed by atoms with E-state index in [9.17, 15) is 13.2 Å². The van der Waals surface area contributed by atoms with Gasteiger partial charge in [-0.05, 0) is 24.0 Å². The van der Waals surface area contributed by atoms with Crippen LogP contribution in [0.1, 0.15) is 11.6 Å². The number of likely N-dealkylation sites (tertiary alicyclic amines) is 1. The monoisotopic (exact) mass is 413 g/mol. The van der Waals surface area contributed by atoms with E-state index in [2.05, 4.69) is 15.0 Å². The van der Waals surface area contributed by atoms with Gasteiger partial charge in [-0.3, -0.25) is 9.58 Å². The minimum absolute atomic E-state index is 0.109. The summed E-state index contributed by atoms with van der Waals surface area (Å²) in [5.74, 6) is 1.05. The Morgan fingerprint density at radius 3 is 2.50 bits per heavy atom. The molecule has 3 atom stereocenters. The molecule has 28 heavy (non-hydrogen) atoms. The van der Waals surface area contributed by atoms with Crippen molar-refractivity contribution < 1.29 is 17.9 Å². The van der Waals surface area contributed by atoms with Gasteiger partial charge in [0.05, 0.1) is 30.0 Å². The summed E-state index contributed by atoms with van der Waals surface area (Å²) in [5, 5.41) is 4.49. The van der Waals surface area contributed by atoms with E-state index in [0.717, 1.165) is 31.0 Å². The summed E-state index contributed by atoms with van der Waals surface area (Å²) in [6, 6.07) is 3.79. The summed E-state index contributed by atoms with van der Waals surface area (Å²) in [4.78, 5) is 6.38. The molecule has 2 aromatic rings. The minimum atomic E-state index is -4.34. The number of piperidine rings is 1. The van der Waals surface area contributed by atoms with Crippen molar-refractivity contribution in [3.05, 3.63) is 29.0 Å². The summed E-state index contributed by atoms with van der Waals surface area (Å²) in [7, 11) is 0. The molecule has 5 rings (SSSR count). The molecule has 2 N–H and O–H groups in total. The molecule has 0 amide bonds. The van der Waals surface area contributed by atoms with Gasteiger partial charge in [0.15, 0.2) is 0 Å². The fourth-order valence-electron chi connectivity index (χ4n) is 4.46. The number of nitrogens with zero attached hydrogens (tertiary/aromatic N) is 4. The number of ether oxygens (including phenoxy) is 1. The molecule has 0 radical (unpaired) electrons. The number of hydrogen-bond donors (Lipinski definition) is 1. The molecule has 1 saturated carbocycles. The Morgan fingerprint density at radius 1 is 1.21 bits per heavy atom. The second-order valence-electron chi connectivity index (χ2n) is 7.82. The molecule has 2 aliphatic heterocycles. The average Bonchev–Trinajstić information content (AvgIpc) is 2.91. The average molecular weight is 414 g/mol. The minimum Gasteiger partial charge on any atom is -0.382 e. The van der Waals surface area contributed by atoms with E-state index >= 15 is 0 Å². The van der Waals surface area contributed by atoms with Crippen LogP contribution in [-0.4, -0.2) is 58.2 Å². The predicted octanol–water partition coefficient (Wildman–Crippen LogP) is 2.79. The number of aromatic nitrogens is 3. The summed E-state index contributed by atoms with van der Waals surface area (Å²) in [6.45, 7) is 2.22. The maximum Gasteiger partial charge on any atom is 0.408 e. The molecule has 2 aromatic heterocycles. The van der Waals surface area contributed by atoms with E-state index in [-0.39, 0.29) is 16.8 Å². The Balaban J connectivity index is 1.42. The molecule has 0 bridgehead atoms. The standard InChI is InChI=1S/C18H19ClF3N5O/c19-13-1-9(3-24-17(13)23)14-2-15(27(25-14)8-18(20,21)22)16-11-4-26(5-12(11)16)10-6-28-7-10/h1-3,10-12,16H,4-8H2,(H2,23,24)/t11-,12+,16?. The van der Waals surface area contributed by atoms with E-state index in [4.69, 9.17) is 22.1 Å². The molecule has 4 heterocycles. The molecule has 150 valence electrons. The first kappa shape index (κ1) is 18.2. The zero-order valence-electron chi connectivity index (χ0n) is 14.9. The second-order valence-corrected chi connectivity index (χ2v) is 8.22. The molecule has 0 aromatic carbocycles. The van der Waals surface area contributed by atoms with Crippen LogP contribution in [0.2, 0.25) is 5.02 Å². The number of rotatable bonds is 4. The first-order valence-corrected chi connectivity index (χ1v) is 9.55. The van der Waals surface area contributed by atoms with Gasteiger partial charge < -0.3 is 10.5 Å². The van der Waals surface area contributed by atoms with Crippen LogP contribution in [0.3, 0.4) is 0 Å². The number of halogens is 4. The lowest BCUT2D eigenvalue weighted by atomic mass is 10.1. The molecule has 3 fully saturated rings. The van der Waals surface area contributed by atoms with Crippen LogP contribution in [-0.2, 0) is 11.3 Å². The van der Waals surface area contributed by atoms with Gasteiger partial charge in [-0.2, -0.15) is 18.3 Å². The summed E-state index contributed by atoms with van der Waals surface area (Å²) in [5.41, 5.74) is 7.26. The number of alkyl halides is 3.